The van der Waals surface area contributed by atoms with E-state index in [1.54, 1.807) is 0 Å². The number of aryl methyl sites for hydroxylation is 1. The zero-order valence-electron chi connectivity index (χ0n) is 12.4. The van der Waals surface area contributed by atoms with Gasteiger partial charge < -0.3 is 9.88 Å². The summed E-state index contributed by atoms with van der Waals surface area (Å²) in [6.07, 6.45) is 10.7. The molecule has 2 aromatic rings. The van der Waals surface area contributed by atoms with Crippen molar-refractivity contribution < 1.29 is 4.79 Å². The van der Waals surface area contributed by atoms with Crippen molar-refractivity contribution in [2.24, 2.45) is 7.05 Å². The lowest BCUT2D eigenvalue weighted by molar-refractivity contribution is -0.111. The van der Waals surface area contributed by atoms with Crippen LogP contribution in [0.5, 0.6) is 0 Å². The maximum Gasteiger partial charge on any atom is 0.247 e. The molecule has 21 heavy (non-hydrogen) atoms. The number of amides is 1. The van der Waals surface area contributed by atoms with Crippen molar-refractivity contribution >= 4 is 28.1 Å². The van der Waals surface area contributed by atoms with Crippen LogP contribution < -0.4 is 5.32 Å². The number of rotatable bonds is 3. The normalized spacial score (nSPS) is 14.8. The van der Waals surface area contributed by atoms with Crippen molar-refractivity contribution in [3.8, 4) is 0 Å². The van der Waals surface area contributed by atoms with Gasteiger partial charge in [0.2, 0.25) is 5.91 Å². The predicted molar refractivity (Wildman–Crippen MR) is 88.2 cm³/mol. The number of aromatic nitrogens is 1. The second-order valence-electron chi connectivity index (χ2n) is 5.55. The van der Waals surface area contributed by atoms with Crippen LogP contribution in [0.4, 0.5) is 5.69 Å². The summed E-state index contributed by atoms with van der Waals surface area (Å²) in [5.41, 5.74) is 4.73. The van der Waals surface area contributed by atoms with Crippen molar-refractivity contribution in [3.05, 3.63) is 48.7 Å². The van der Waals surface area contributed by atoms with Gasteiger partial charge in [-0.3, -0.25) is 4.79 Å². The molecule has 0 saturated heterocycles. The van der Waals surface area contributed by atoms with Gasteiger partial charge in [0.15, 0.2) is 0 Å². The lowest BCUT2D eigenvalue weighted by Gasteiger charge is -2.12. The summed E-state index contributed by atoms with van der Waals surface area (Å²) in [6, 6.07) is 6.05. The molecule has 1 amide bonds. The second-order valence-corrected chi connectivity index (χ2v) is 5.55. The average Bonchev–Trinajstić information content (AvgIpc) is 2.85. The zero-order chi connectivity index (χ0) is 14.8. The van der Waals surface area contributed by atoms with Gasteiger partial charge in [0.25, 0.3) is 0 Å². The lowest BCUT2D eigenvalue weighted by atomic mass is 9.93. The quantitative estimate of drug-likeness (QED) is 0.837. The molecule has 0 aliphatic heterocycles. The fourth-order valence-electron chi connectivity index (χ4n) is 3.00. The summed E-state index contributed by atoms with van der Waals surface area (Å²) in [4.78, 5) is 11.5. The number of benzene rings is 1. The summed E-state index contributed by atoms with van der Waals surface area (Å²) in [5.74, 6) is -0.177. The molecule has 0 bridgehead atoms. The summed E-state index contributed by atoms with van der Waals surface area (Å²) in [6.45, 7) is 3.49. The monoisotopic (exact) mass is 280 g/mol. The average molecular weight is 280 g/mol. The van der Waals surface area contributed by atoms with E-state index in [4.69, 9.17) is 0 Å². The molecule has 3 heteroatoms. The first kappa shape index (κ1) is 13.7. The highest BCUT2D eigenvalue weighted by Crippen LogP contribution is 2.34. The Morgan fingerprint density at radius 3 is 2.95 bits per heavy atom. The van der Waals surface area contributed by atoms with Crippen molar-refractivity contribution in [3.63, 3.8) is 0 Å². The lowest BCUT2D eigenvalue weighted by Crippen LogP contribution is -2.06. The minimum absolute atomic E-state index is 0.177. The number of hydrogen-bond acceptors (Lipinski definition) is 1. The van der Waals surface area contributed by atoms with E-state index in [9.17, 15) is 4.79 Å². The molecule has 3 rings (SSSR count). The maximum atomic E-state index is 11.5. The van der Waals surface area contributed by atoms with Crippen LogP contribution in [0.15, 0.2) is 43.1 Å². The fraction of sp³-hybridized carbons (Fsp3) is 0.278. The number of hydrogen-bond donors (Lipinski definition) is 1. The topological polar surface area (TPSA) is 34.0 Å². The molecule has 0 saturated carbocycles. The Morgan fingerprint density at radius 2 is 2.24 bits per heavy atom. The van der Waals surface area contributed by atoms with Gasteiger partial charge in [-0.15, -0.1) is 0 Å². The smallest absolute Gasteiger partial charge is 0.247 e. The van der Waals surface area contributed by atoms with Crippen LogP contribution in [0.3, 0.4) is 0 Å². The molecule has 1 heterocycles. The zero-order valence-corrected chi connectivity index (χ0v) is 12.4. The van der Waals surface area contributed by atoms with Crippen LogP contribution in [0.1, 0.15) is 31.2 Å². The number of carbonyl (C=O) groups is 1. The van der Waals surface area contributed by atoms with Crippen molar-refractivity contribution in [2.45, 2.75) is 25.7 Å². The summed E-state index contributed by atoms with van der Waals surface area (Å²) >= 11 is 0. The third-order valence-corrected chi connectivity index (χ3v) is 4.08. The van der Waals surface area contributed by atoms with Crippen LogP contribution in [-0.4, -0.2) is 10.5 Å². The van der Waals surface area contributed by atoms with Gasteiger partial charge in [-0.25, -0.2) is 0 Å². The molecule has 1 N–H and O–H groups in total. The molecule has 108 valence electrons. The van der Waals surface area contributed by atoms with Crippen molar-refractivity contribution in [1.29, 1.82) is 0 Å². The largest absolute Gasteiger partial charge is 0.350 e. The van der Waals surface area contributed by atoms with Crippen LogP contribution in [0.25, 0.3) is 16.5 Å². The molecule has 0 fully saturated rings. The Balaban J connectivity index is 2.07. The molecule has 0 unspecified atom stereocenters. The molecule has 0 radical (unpaired) electrons. The van der Waals surface area contributed by atoms with Crippen LogP contribution >= 0.6 is 0 Å². The Labute approximate surface area is 125 Å². The van der Waals surface area contributed by atoms with Crippen molar-refractivity contribution in [2.75, 3.05) is 5.32 Å². The molecule has 3 nitrogen and oxygen atoms in total. The maximum absolute atomic E-state index is 11.5. The Bertz CT molecular complexity index is 737. The van der Waals surface area contributed by atoms with Gasteiger partial charge >= 0.3 is 0 Å². The summed E-state index contributed by atoms with van der Waals surface area (Å²) in [5, 5.41) is 4.04. The minimum atomic E-state index is -0.177. The number of fused-ring (bicyclic) bond motifs is 1. The third kappa shape index (κ3) is 2.64. The first-order valence-electron chi connectivity index (χ1n) is 7.41. The standard InChI is InChI=1S/C18H20N2O/c1-3-18(21)19-14-9-10-17-15(11-14)16(12-20(17)2)13-7-5-4-6-8-13/h3,7,9-12H,1,4-6,8H2,2H3,(H,19,21). The van der Waals surface area contributed by atoms with E-state index in [2.05, 4.69) is 47.9 Å². The summed E-state index contributed by atoms with van der Waals surface area (Å²) < 4.78 is 2.15. The van der Waals surface area contributed by atoms with Gasteiger partial charge in [-0.2, -0.15) is 0 Å². The second kappa shape index (κ2) is 5.60. The number of nitrogens with one attached hydrogen (secondary N) is 1. The van der Waals surface area contributed by atoms with Gasteiger partial charge in [-0.05, 0) is 55.5 Å². The van der Waals surface area contributed by atoms with E-state index < -0.39 is 0 Å². The first-order chi connectivity index (χ1) is 10.2. The van der Waals surface area contributed by atoms with E-state index in [1.165, 1.54) is 47.4 Å². The van der Waals surface area contributed by atoms with E-state index in [0.29, 0.717) is 0 Å². The Kier molecular flexibility index (Phi) is 3.65. The molecular weight excluding hydrogens is 260 g/mol. The van der Waals surface area contributed by atoms with E-state index in [-0.39, 0.29) is 5.91 Å². The van der Waals surface area contributed by atoms with Crippen LogP contribution in [-0.2, 0) is 11.8 Å². The van der Waals surface area contributed by atoms with Gasteiger partial charge in [-0.1, -0.05) is 12.7 Å². The first-order valence-corrected chi connectivity index (χ1v) is 7.41. The minimum Gasteiger partial charge on any atom is -0.350 e. The van der Waals surface area contributed by atoms with E-state index >= 15 is 0 Å². The Hall–Kier alpha value is -2.29. The van der Waals surface area contributed by atoms with Gasteiger partial charge in [0.1, 0.15) is 0 Å². The number of allylic oxidation sites excluding steroid dienone is 2. The van der Waals surface area contributed by atoms with Crippen LogP contribution in [0, 0.1) is 0 Å². The highest BCUT2D eigenvalue weighted by Gasteiger charge is 2.13. The molecule has 1 aliphatic carbocycles. The van der Waals surface area contributed by atoms with E-state index in [1.807, 2.05) is 6.07 Å². The van der Waals surface area contributed by atoms with Crippen molar-refractivity contribution in [1.82, 2.24) is 4.57 Å². The predicted octanol–water partition coefficient (Wildman–Crippen LogP) is 4.26. The van der Waals surface area contributed by atoms with Gasteiger partial charge in [0, 0.05) is 35.4 Å². The highest BCUT2D eigenvalue weighted by molar-refractivity contribution is 6.02. The summed E-state index contributed by atoms with van der Waals surface area (Å²) in [7, 11) is 2.07. The number of anilines is 1. The van der Waals surface area contributed by atoms with E-state index in [0.717, 1.165) is 12.1 Å². The SMILES string of the molecule is C=CC(=O)Nc1ccc2c(c1)c(C1=CCCCC1)cn2C. The fourth-order valence-corrected chi connectivity index (χ4v) is 3.00. The number of nitrogens with zero attached hydrogens (tertiary/aromatic N) is 1. The van der Waals surface area contributed by atoms with Gasteiger partial charge in [0.05, 0.1) is 0 Å². The molecule has 0 spiro atoms. The number of carbonyl (C=O) groups excluding carboxylic acids is 1. The molecule has 1 aliphatic rings. The molecular formula is C18H20N2O. The molecule has 1 aromatic heterocycles. The van der Waals surface area contributed by atoms with Crippen LogP contribution in [0.2, 0.25) is 0 Å². The molecule has 1 aromatic carbocycles. The third-order valence-electron chi connectivity index (χ3n) is 4.08. The highest BCUT2D eigenvalue weighted by atomic mass is 16.1. The molecule has 0 atom stereocenters. The Morgan fingerprint density at radius 1 is 1.38 bits per heavy atom.